The number of thiol groups is 1. The van der Waals surface area contributed by atoms with Gasteiger partial charge in [-0.05, 0) is 71.5 Å². The molecule has 0 saturated carbocycles. The number of thiophene rings is 1. The van der Waals surface area contributed by atoms with Crippen molar-refractivity contribution in [2.45, 2.75) is 19.3 Å². The Hall–Kier alpha value is -2.64. The average molecular weight is 429 g/mol. The van der Waals surface area contributed by atoms with E-state index >= 15 is 0 Å². The van der Waals surface area contributed by atoms with Crippen molar-refractivity contribution in [3.8, 4) is 22.6 Å². The highest BCUT2D eigenvalue weighted by Crippen LogP contribution is 2.25. The van der Waals surface area contributed by atoms with Gasteiger partial charge in [0.2, 0.25) is 0 Å². The summed E-state index contributed by atoms with van der Waals surface area (Å²) in [5, 5.41) is 4.22. The van der Waals surface area contributed by atoms with Gasteiger partial charge in [0.1, 0.15) is 11.5 Å². The molecule has 0 saturated heterocycles. The lowest BCUT2D eigenvalue weighted by Crippen LogP contribution is -2.27. The van der Waals surface area contributed by atoms with Gasteiger partial charge < -0.3 is 15.2 Å². The van der Waals surface area contributed by atoms with Crippen molar-refractivity contribution in [3.63, 3.8) is 0 Å². The summed E-state index contributed by atoms with van der Waals surface area (Å²) in [4.78, 5) is 11.2. The quantitative estimate of drug-likeness (QED) is 0.318. The van der Waals surface area contributed by atoms with E-state index in [1.165, 1.54) is 11.1 Å². The number of ether oxygens (including phenoxy) is 2. The predicted molar refractivity (Wildman–Crippen MR) is 122 cm³/mol. The third-order valence-corrected chi connectivity index (χ3v) is 5.42. The van der Waals surface area contributed by atoms with E-state index in [1.807, 2.05) is 18.2 Å². The molecule has 1 heterocycles. The summed E-state index contributed by atoms with van der Waals surface area (Å²) in [5.74, 6) is 1.58. The van der Waals surface area contributed by atoms with Gasteiger partial charge >= 0.3 is 6.03 Å². The first-order chi connectivity index (χ1) is 14.1. The van der Waals surface area contributed by atoms with Gasteiger partial charge in [0.25, 0.3) is 0 Å². The SMILES string of the molecule is NC(=O)N(S)c1cccc(OCCCCCOc2ccc(-c3ccsc3)cc2)c1. The zero-order valence-corrected chi connectivity index (χ0v) is 17.7. The van der Waals surface area contributed by atoms with E-state index in [0.29, 0.717) is 24.7 Å². The molecule has 0 unspecified atom stereocenters. The molecular formula is C22H24N2O3S2. The van der Waals surface area contributed by atoms with E-state index in [9.17, 15) is 4.79 Å². The third kappa shape index (κ3) is 6.44. The second-order valence-corrected chi connectivity index (χ2v) is 7.62. The van der Waals surface area contributed by atoms with Crippen molar-refractivity contribution >= 4 is 35.9 Å². The van der Waals surface area contributed by atoms with E-state index in [1.54, 1.807) is 29.5 Å². The van der Waals surface area contributed by atoms with Crippen LogP contribution in [-0.4, -0.2) is 19.2 Å². The molecular weight excluding hydrogens is 404 g/mol. The number of hydrogen-bond acceptors (Lipinski definition) is 5. The summed E-state index contributed by atoms with van der Waals surface area (Å²) in [5.41, 5.74) is 8.24. The van der Waals surface area contributed by atoms with Gasteiger partial charge in [0.05, 0.1) is 18.9 Å². The van der Waals surface area contributed by atoms with Gasteiger partial charge in [-0.3, -0.25) is 0 Å². The highest BCUT2D eigenvalue weighted by molar-refractivity contribution is 7.82. The topological polar surface area (TPSA) is 64.8 Å². The van der Waals surface area contributed by atoms with Crippen molar-refractivity contribution in [1.29, 1.82) is 0 Å². The Balaban J connectivity index is 1.31. The van der Waals surface area contributed by atoms with Gasteiger partial charge in [0, 0.05) is 6.07 Å². The summed E-state index contributed by atoms with van der Waals surface area (Å²) >= 11 is 5.75. The van der Waals surface area contributed by atoms with Crippen LogP contribution >= 0.6 is 24.2 Å². The minimum atomic E-state index is -0.633. The number of hydrogen-bond donors (Lipinski definition) is 2. The minimum absolute atomic E-state index is 0.580. The highest BCUT2D eigenvalue weighted by atomic mass is 32.1. The molecule has 3 aromatic rings. The van der Waals surface area contributed by atoms with Crippen LogP contribution in [0.3, 0.4) is 0 Å². The summed E-state index contributed by atoms with van der Waals surface area (Å²) < 4.78 is 12.6. The number of unbranched alkanes of at least 4 members (excludes halogenated alkanes) is 2. The van der Waals surface area contributed by atoms with E-state index in [4.69, 9.17) is 15.2 Å². The number of urea groups is 1. The number of rotatable bonds is 10. The fourth-order valence-electron chi connectivity index (χ4n) is 2.77. The van der Waals surface area contributed by atoms with Gasteiger partial charge in [-0.15, -0.1) is 0 Å². The van der Waals surface area contributed by atoms with Gasteiger partial charge in [-0.2, -0.15) is 11.3 Å². The molecule has 5 nitrogen and oxygen atoms in total. The molecule has 0 fully saturated rings. The lowest BCUT2D eigenvalue weighted by atomic mass is 10.1. The Bertz CT molecular complexity index is 899. The van der Waals surface area contributed by atoms with Gasteiger partial charge in [-0.25, -0.2) is 9.10 Å². The molecule has 0 atom stereocenters. The molecule has 0 aliphatic rings. The summed E-state index contributed by atoms with van der Waals surface area (Å²) in [7, 11) is 0. The molecule has 2 aromatic carbocycles. The number of carbonyl (C=O) groups excluding carboxylic acids is 1. The molecule has 2 amide bonds. The van der Waals surface area contributed by atoms with Crippen molar-refractivity contribution < 1.29 is 14.3 Å². The van der Waals surface area contributed by atoms with E-state index < -0.39 is 6.03 Å². The maximum atomic E-state index is 11.2. The van der Waals surface area contributed by atoms with E-state index in [2.05, 4.69) is 41.8 Å². The van der Waals surface area contributed by atoms with Gasteiger partial charge in [-0.1, -0.05) is 31.0 Å². The number of nitrogens with two attached hydrogens (primary N) is 1. The number of benzene rings is 2. The van der Waals surface area contributed by atoms with Crippen LogP contribution in [0, 0.1) is 0 Å². The van der Waals surface area contributed by atoms with Crippen LogP contribution < -0.4 is 19.5 Å². The van der Waals surface area contributed by atoms with Gasteiger partial charge in [0.15, 0.2) is 0 Å². The smallest absolute Gasteiger partial charge is 0.329 e. The van der Waals surface area contributed by atoms with E-state index in [0.717, 1.165) is 29.3 Å². The van der Waals surface area contributed by atoms with Crippen molar-refractivity contribution in [2.24, 2.45) is 5.73 Å². The fourth-order valence-corrected chi connectivity index (χ4v) is 3.55. The monoisotopic (exact) mass is 428 g/mol. The molecule has 29 heavy (non-hydrogen) atoms. The molecule has 0 aliphatic heterocycles. The normalized spacial score (nSPS) is 10.5. The summed E-state index contributed by atoms with van der Waals surface area (Å²) in [6.45, 7) is 1.28. The second-order valence-electron chi connectivity index (χ2n) is 6.44. The largest absolute Gasteiger partial charge is 0.494 e. The molecule has 152 valence electrons. The molecule has 0 radical (unpaired) electrons. The Morgan fingerprint density at radius 2 is 1.66 bits per heavy atom. The van der Waals surface area contributed by atoms with Crippen LogP contribution in [0.4, 0.5) is 10.5 Å². The average Bonchev–Trinajstić information content (AvgIpc) is 3.28. The number of anilines is 1. The van der Waals surface area contributed by atoms with Crippen LogP contribution in [0.1, 0.15) is 19.3 Å². The second kappa shape index (κ2) is 10.8. The third-order valence-electron chi connectivity index (χ3n) is 4.31. The number of nitrogens with zero attached hydrogens (tertiary/aromatic N) is 1. The molecule has 1 aromatic heterocycles. The predicted octanol–water partition coefficient (Wildman–Crippen LogP) is 5.77. The fraction of sp³-hybridized carbons (Fsp3) is 0.227. The van der Waals surface area contributed by atoms with Crippen LogP contribution in [-0.2, 0) is 0 Å². The Morgan fingerprint density at radius 1 is 0.931 bits per heavy atom. The lowest BCUT2D eigenvalue weighted by molar-refractivity contribution is 0.257. The Morgan fingerprint density at radius 3 is 2.31 bits per heavy atom. The zero-order chi connectivity index (χ0) is 20.5. The van der Waals surface area contributed by atoms with Crippen LogP contribution in [0.2, 0.25) is 0 Å². The van der Waals surface area contributed by atoms with Crippen molar-refractivity contribution in [3.05, 3.63) is 65.4 Å². The lowest BCUT2D eigenvalue weighted by Gasteiger charge is -2.14. The Kier molecular flexibility index (Phi) is 7.84. The minimum Gasteiger partial charge on any atom is -0.494 e. The number of amides is 2. The molecule has 0 bridgehead atoms. The molecule has 7 heteroatoms. The number of carbonyl (C=O) groups is 1. The van der Waals surface area contributed by atoms with E-state index in [-0.39, 0.29) is 0 Å². The first kappa shape index (κ1) is 21.1. The standard InChI is InChI=1S/C22H24N2O3S2/c23-22(25)24(28)19-5-4-6-21(15-19)27-13-3-1-2-12-26-20-9-7-17(8-10-20)18-11-14-29-16-18/h4-11,14-16,28H,1-3,12-13H2,(H2,23,25). The number of primary amides is 1. The molecule has 2 N–H and O–H groups in total. The van der Waals surface area contributed by atoms with Crippen molar-refractivity contribution in [2.75, 3.05) is 17.5 Å². The zero-order valence-electron chi connectivity index (χ0n) is 16.0. The summed E-state index contributed by atoms with van der Waals surface area (Å²) in [6, 6.07) is 16.8. The first-order valence-electron chi connectivity index (χ1n) is 9.40. The Labute approximate surface area is 180 Å². The van der Waals surface area contributed by atoms with Crippen LogP contribution in [0.25, 0.3) is 11.1 Å². The molecule has 0 aliphatic carbocycles. The highest BCUT2D eigenvalue weighted by Gasteiger charge is 2.08. The van der Waals surface area contributed by atoms with Crippen molar-refractivity contribution in [1.82, 2.24) is 0 Å². The molecule has 3 rings (SSSR count). The van der Waals surface area contributed by atoms with Crippen LogP contribution in [0.5, 0.6) is 11.5 Å². The maximum absolute atomic E-state index is 11.2. The maximum Gasteiger partial charge on any atom is 0.329 e. The molecule has 0 spiro atoms. The first-order valence-corrected chi connectivity index (χ1v) is 10.7. The summed E-state index contributed by atoms with van der Waals surface area (Å²) in [6.07, 6.45) is 2.89. The van der Waals surface area contributed by atoms with Crippen LogP contribution in [0.15, 0.2) is 65.4 Å².